The lowest BCUT2D eigenvalue weighted by Crippen LogP contribution is -2.37. The predicted octanol–water partition coefficient (Wildman–Crippen LogP) is 3.61. The van der Waals surface area contributed by atoms with E-state index < -0.39 is 5.67 Å². The third kappa shape index (κ3) is 3.23. The highest BCUT2D eigenvalue weighted by molar-refractivity contribution is 9.10. The van der Waals surface area contributed by atoms with Crippen molar-refractivity contribution in [3.05, 3.63) is 28.2 Å². The Kier molecular flexibility index (Phi) is 4.28. The van der Waals surface area contributed by atoms with Gasteiger partial charge in [-0.1, -0.05) is 6.07 Å². The maximum Gasteiger partial charge on any atom is 0.133 e. The number of ether oxygens (including phenoxy) is 1. The summed E-state index contributed by atoms with van der Waals surface area (Å²) in [6.45, 7) is 0. The maximum atomic E-state index is 14.6. The number of hydrogen-bond donors (Lipinski definition) is 1. The summed E-state index contributed by atoms with van der Waals surface area (Å²) in [5, 5.41) is 0. The normalized spacial score (nSPS) is 28.1. The number of nitrogens with two attached hydrogens (primary N) is 1. The van der Waals surface area contributed by atoms with E-state index in [1.165, 1.54) is 0 Å². The summed E-state index contributed by atoms with van der Waals surface area (Å²) < 4.78 is 20.7. The first-order chi connectivity index (χ1) is 8.52. The van der Waals surface area contributed by atoms with Crippen LogP contribution in [0.4, 0.5) is 4.39 Å². The van der Waals surface area contributed by atoms with Gasteiger partial charge in [-0.15, -0.1) is 0 Å². The van der Waals surface area contributed by atoms with Crippen LogP contribution in [-0.2, 0) is 6.42 Å². The Bertz CT molecular complexity index is 416. The standard InChI is InChI=1S/C14H19BrFNO/c1-18-13-3-2-10(8-12(13)15)9-14(16)6-4-11(17)5-7-14/h2-3,8,11H,4-7,9,17H2,1H3. The largest absolute Gasteiger partial charge is 0.496 e. The van der Waals surface area contributed by atoms with Crippen molar-refractivity contribution in [3.63, 3.8) is 0 Å². The third-order valence-electron chi connectivity index (χ3n) is 3.66. The quantitative estimate of drug-likeness (QED) is 0.924. The van der Waals surface area contributed by atoms with Crippen molar-refractivity contribution in [1.82, 2.24) is 0 Å². The molecule has 1 fully saturated rings. The van der Waals surface area contributed by atoms with Gasteiger partial charge in [0.1, 0.15) is 11.4 Å². The lowest BCUT2D eigenvalue weighted by atomic mass is 9.80. The highest BCUT2D eigenvalue weighted by atomic mass is 79.9. The van der Waals surface area contributed by atoms with Crippen LogP contribution in [0.25, 0.3) is 0 Å². The van der Waals surface area contributed by atoms with E-state index in [0.717, 1.165) is 28.6 Å². The van der Waals surface area contributed by atoms with Gasteiger partial charge in [-0.3, -0.25) is 0 Å². The minimum atomic E-state index is -1.09. The van der Waals surface area contributed by atoms with Crippen LogP contribution in [0.3, 0.4) is 0 Å². The molecule has 1 aromatic carbocycles. The van der Waals surface area contributed by atoms with Gasteiger partial charge in [0.15, 0.2) is 0 Å². The molecule has 0 radical (unpaired) electrons. The minimum Gasteiger partial charge on any atom is -0.496 e. The molecule has 0 amide bonds. The van der Waals surface area contributed by atoms with Crippen LogP contribution >= 0.6 is 15.9 Å². The number of benzene rings is 1. The molecule has 0 bridgehead atoms. The van der Waals surface area contributed by atoms with E-state index >= 15 is 0 Å². The molecule has 2 N–H and O–H groups in total. The van der Waals surface area contributed by atoms with Crippen molar-refractivity contribution in [3.8, 4) is 5.75 Å². The molecule has 0 heterocycles. The van der Waals surface area contributed by atoms with Crippen LogP contribution < -0.4 is 10.5 Å². The van der Waals surface area contributed by atoms with Gasteiger partial charge in [0, 0.05) is 12.5 Å². The molecule has 0 saturated heterocycles. The van der Waals surface area contributed by atoms with E-state index in [4.69, 9.17) is 10.5 Å². The van der Waals surface area contributed by atoms with E-state index in [9.17, 15) is 4.39 Å². The Morgan fingerprint density at radius 3 is 2.67 bits per heavy atom. The molecule has 1 saturated carbocycles. The molecular weight excluding hydrogens is 297 g/mol. The lowest BCUT2D eigenvalue weighted by molar-refractivity contribution is 0.0995. The Hall–Kier alpha value is -0.610. The molecule has 2 rings (SSSR count). The molecule has 4 heteroatoms. The van der Waals surface area contributed by atoms with Crippen molar-refractivity contribution in [2.24, 2.45) is 5.73 Å². The van der Waals surface area contributed by atoms with Crippen LogP contribution in [0, 0.1) is 0 Å². The summed E-state index contributed by atoms with van der Waals surface area (Å²) in [6.07, 6.45) is 3.17. The zero-order chi connectivity index (χ0) is 13.2. The van der Waals surface area contributed by atoms with Crippen LogP contribution in [0.5, 0.6) is 5.75 Å². The molecule has 0 unspecified atom stereocenters. The fourth-order valence-electron chi connectivity index (χ4n) is 2.52. The van der Waals surface area contributed by atoms with E-state index in [0.29, 0.717) is 19.3 Å². The van der Waals surface area contributed by atoms with Gasteiger partial charge >= 0.3 is 0 Å². The van der Waals surface area contributed by atoms with Crippen molar-refractivity contribution >= 4 is 15.9 Å². The molecule has 100 valence electrons. The Morgan fingerprint density at radius 2 is 2.11 bits per heavy atom. The highest BCUT2D eigenvalue weighted by Gasteiger charge is 2.34. The second-order valence-corrected chi connectivity index (χ2v) is 5.99. The van der Waals surface area contributed by atoms with Crippen LogP contribution in [0.2, 0.25) is 0 Å². The Labute approximate surface area is 116 Å². The summed E-state index contributed by atoms with van der Waals surface area (Å²) in [7, 11) is 1.62. The molecule has 1 aliphatic rings. The fourth-order valence-corrected chi connectivity index (χ4v) is 3.11. The number of alkyl halides is 1. The SMILES string of the molecule is COc1ccc(CC2(F)CCC(N)CC2)cc1Br. The summed E-state index contributed by atoms with van der Waals surface area (Å²) in [5.41, 5.74) is 5.73. The second-order valence-electron chi connectivity index (χ2n) is 5.13. The summed E-state index contributed by atoms with van der Waals surface area (Å²) in [5.74, 6) is 0.775. The average molecular weight is 316 g/mol. The monoisotopic (exact) mass is 315 g/mol. The van der Waals surface area contributed by atoms with E-state index in [2.05, 4.69) is 15.9 Å². The van der Waals surface area contributed by atoms with Gasteiger partial charge < -0.3 is 10.5 Å². The molecule has 0 aliphatic heterocycles. The number of halogens is 2. The first kappa shape index (κ1) is 13.8. The predicted molar refractivity (Wildman–Crippen MR) is 74.7 cm³/mol. The zero-order valence-corrected chi connectivity index (χ0v) is 12.2. The van der Waals surface area contributed by atoms with Crippen LogP contribution in [0.1, 0.15) is 31.2 Å². The van der Waals surface area contributed by atoms with E-state index in [-0.39, 0.29) is 6.04 Å². The topological polar surface area (TPSA) is 35.2 Å². The van der Waals surface area contributed by atoms with Gasteiger partial charge in [-0.25, -0.2) is 4.39 Å². The summed E-state index contributed by atoms with van der Waals surface area (Å²) in [6, 6.07) is 5.92. The van der Waals surface area contributed by atoms with E-state index in [1.54, 1.807) is 7.11 Å². The van der Waals surface area contributed by atoms with E-state index in [1.807, 2.05) is 18.2 Å². The van der Waals surface area contributed by atoms with Gasteiger partial charge in [0.2, 0.25) is 0 Å². The third-order valence-corrected chi connectivity index (χ3v) is 4.28. The number of rotatable bonds is 3. The minimum absolute atomic E-state index is 0.177. The summed E-state index contributed by atoms with van der Waals surface area (Å²) >= 11 is 3.43. The van der Waals surface area contributed by atoms with Gasteiger partial charge in [0.05, 0.1) is 11.6 Å². The molecule has 0 aromatic heterocycles. The van der Waals surface area contributed by atoms with Gasteiger partial charge in [-0.2, -0.15) is 0 Å². The van der Waals surface area contributed by atoms with Crippen molar-refractivity contribution < 1.29 is 9.13 Å². The molecule has 18 heavy (non-hydrogen) atoms. The molecule has 1 aromatic rings. The molecule has 1 aliphatic carbocycles. The molecule has 2 nitrogen and oxygen atoms in total. The van der Waals surface area contributed by atoms with Crippen molar-refractivity contribution in [2.75, 3.05) is 7.11 Å². The molecular formula is C14H19BrFNO. The van der Waals surface area contributed by atoms with Crippen molar-refractivity contribution in [2.45, 2.75) is 43.8 Å². The molecule has 0 atom stereocenters. The summed E-state index contributed by atoms with van der Waals surface area (Å²) in [4.78, 5) is 0. The lowest BCUT2D eigenvalue weighted by Gasteiger charge is -2.32. The fraction of sp³-hybridized carbons (Fsp3) is 0.571. The second kappa shape index (κ2) is 5.57. The Balaban J connectivity index is 2.07. The first-order valence-corrected chi connectivity index (χ1v) is 7.09. The van der Waals surface area contributed by atoms with Crippen molar-refractivity contribution in [1.29, 1.82) is 0 Å². The smallest absolute Gasteiger partial charge is 0.133 e. The number of methoxy groups -OCH3 is 1. The average Bonchev–Trinajstić information content (AvgIpc) is 2.34. The number of hydrogen-bond acceptors (Lipinski definition) is 2. The molecule has 0 spiro atoms. The highest BCUT2D eigenvalue weighted by Crippen LogP contribution is 2.36. The van der Waals surface area contributed by atoms with Gasteiger partial charge in [0.25, 0.3) is 0 Å². The van der Waals surface area contributed by atoms with Gasteiger partial charge in [-0.05, 0) is 59.3 Å². The Morgan fingerprint density at radius 1 is 1.44 bits per heavy atom. The van der Waals surface area contributed by atoms with Crippen LogP contribution in [0.15, 0.2) is 22.7 Å². The zero-order valence-electron chi connectivity index (χ0n) is 10.6. The van der Waals surface area contributed by atoms with Crippen LogP contribution in [-0.4, -0.2) is 18.8 Å². The maximum absolute atomic E-state index is 14.6. The first-order valence-electron chi connectivity index (χ1n) is 6.29.